The van der Waals surface area contributed by atoms with Gasteiger partial charge in [0.15, 0.2) is 0 Å². The van der Waals surface area contributed by atoms with Crippen LogP contribution in [0.4, 0.5) is 0 Å². The van der Waals surface area contributed by atoms with E-state index in [1.165, 1.54) is 50.3 Å². The Kier molecular flexibility index (Phi) is 4.44. The van der Waals surface area contributed by atoms with Crippen molar-refractivity contribution in [3.8, 4) is 0 Å². The van der Waals surface area contributed by atoms with E-state index >= 15 is 0 Å². The van der Waals surface area contributed by atoms with E-state index in [1.807, 2.05) is 5.92 Å². The molecule has 0 heterocycles. The molecule has 10 heavy (non-hydrogen) atoms. The summed E-state index contributed by atoms with van der Waals surface area (Å²) < 4.78 is 0. The molecule has 0 N–H and O–H groups in total. The van der Waals surface area contributed by atoms with Crippen molar-refractivity contribution in [2.24, 2.45) is 0 Å². The molecule has 0 aromatic rings. The molecule has 1 radical (unpaired) electrons. The predicted molar refractivity (Wildman–Crippen MR) is 49.4 cm³/mol. The molecule has 0 atom stereocenters. The third-order valence-electron chi connectivity index (χ3n) is 2.22. The molecular weight excluding hydrogens is 188 g/mol. The molecule has 1 fully saturated rings. The van der Waals surface area contributed by atoms with E-state index in [1.54, 1.807) is 0 Å². The maximum atomic E-state index is 3.46. The van der Waals surface area contributed by atoms with Crippen LogP contribution in [0.25, 0.3) is 0 Å². The molecule has 1 heteroatoms. The maximum Gasteiger partial charge on any atom is 0.00315 e. The highest BCUT2D eigenvalue weighted by Gasteiger charge is 2.12. The lowest BCUT2D eigenvalue weighted by Crippen LogP contribution is -2.03. The highest BCUT2D eigenvalue weighted by molar-refractivity contribution is 9.09. The second kappa shape index (κ2) is 5.17. The van der Waals surface area contributed by atoms with Crippen LogP contribution in [-0.2, 0) is 0 Å². The quantitative estimate of drug-likeness (QED) is 0.615. The van der Waals surface area contributed by atoms with Gasteiger partial charge in [-0.25, -0.2) is 0 Å². The summed E-state index contributed by atoms with van der Waals surface area (Å²) in [6, 6.07) is 0. The van der Waals surface area contributed by atoms with Gasteiger partial charge in [0.05, 0.1) is 0 Å². The molecule has 1 aliphatic rings. The van der Waals surface area contributed by atoms with Crippen LogP contribution in [0, 0.1) is 5.92 Å². The molecule has 0 aliphatic heterocycles. The molecule has 59 valence electrons. The fourth-order valence-corrected chi connectivity index (χ4v) is 1.90. The van der Waals surface area contributed by atoms with Crippen LogP contribution in [0.15, 0.2) is 0 Å². The van der Waals surface area contributed by atoms with Gasteiger partial charge in [0.1, 0.15) is 0 Å². The smallest absolute Gasteiger partial charge is 0.00315 e. The van der Waals surface area contributed by atoms with Crippen LogP contribution in [0.1, 0.15) is 44.9 Å². The van der Waals surface area contributed by atoms with Gasteiger partial charge in [-0.3, -0.25) is 0 Å². The van der Waals surface area contributed by atoms with Crippen molar-refractivity contribution >= 4 is 15.9 Å². The summed E-state index contributed by atoms with van der Waals surface area (Å²) in [6.45, 7) is 0. The largest absolute Gasteiger partial charge is 0.0928 e. The molecular formula is C9H16Br. The molecule has 0 aromatic heterocycles. The third-order valence-corrected chi connectivity index (χ3v) is 2.79. The highest BCUT2D eigenvalue weighted by atomic mass is 79.9. The molecule has 1 saturated carbocycles. The first-order valence-electron chi connectivity index (χ1n) is 4.33. The standard InChI is InChI=1S/C9H16Br/c10-8-4-7-9-5-2-1-3-6-9/h1-8H2. The van der Waals surface area contributed by atoms with Gasteiger partial charge in [0.25, 0.3) is 0 Å². The number of hydrogen-bond acceptors (Lipinski definition) is 0. The lowest BCUT2D eigenvalue weighted by molar-refractivity contribution is 0.504. The topological polar surface area (TPSA) is 0 Å². The average Bonchev–Trinajstić information content (AvgIpc) is 2.03. The summed E-state index contributed by atoms with van der Waals surface area (Å²) in [5, 5.41) is 1.18. The molecule has 0 saturated heterocycles. The Balaban J connectivity index is 2.02. The fraction of sp³-hybridized carbons (Fsp3) is 0.889. The summed E-state index contributed by atoms with van der Waals surface area (Å²) in [7, 11) is 0. The lowest BCUT2D eigenvalue weighted by atomic mass is 9.86. The summed E-state index contributed by atoms with van der Waals surface area (Å²) in [5.41, 5.74) is 0. The Bertz CT molecular complexity index is 74.8. The van der Waals surface area contributed by atoms with Gasteiger partial charge in [-0.2, -0.15) is 0 Å². The van der Waals surface area contributed by atoms with Crippen molar-refractivity contribution in [3.05, 3.63) is 5.92 Å². The van der Waals surface area contributed by atoms with E-state index in [9.17, 15) is 0 Å². The van der Waals surface area contributed by atoms with Crippen molar-refractivity contribution in [1.82, 2.24) is 0 Å². The molecule has 1 rings (SSSR count). The number of hydrogen-bond donors (Lipinski definition) is 0. The first-order valence-corrected chi connectivity index (χ1v) is 5.45. The Hall–Kier alpha value is 0.480. The SMILES string of the molecule is BrCCC[C]1CCCCC1. The molecule has 0 aromatic carbocycles. The van der Waals surface area contributed by atoms with E-state index in [4.69, 9.17) is 0 Å². The summed E-state index contributed by atoms with van der Waals surface area (Å²) in [4.78, 5) is 0. The van der Waals surface area contributed by atoms with Crippen molar-refractivity contribution in [2.45, 2.75) is 44.9 Å². The van der Waals surface area contributed by atoms with Crippen LogP contribution in [0.2, 0.25) is 0 Å². The van der Waals surface area contributed by atoms with E-state index < -0.39 is 0 Å². The van der Waals surface area contributed by atoms with Crippen molar-refractivity contribution in [1.29, 1.82) is 0 Å². The van der Waals surface area contributed by atoms with Crippen molar-refractivity contribution in [3.63, 3.8) is 0 Å². The summed E-state index contributed by atoms with van der Waals surface area (Å²) in [5.74, 6) is 1.82. The van der Waals surface area contributed by atoms with Gasteiger partial charge in [0, 0.05) is 5.33 Å². The van der Waals surface area contributed by atoms with Gasteiger partial charge >= 0.3 is 0 Å². The second-order valence-corrected chi connectivity index (χ2v) is 3.90. The third kappa shape index (κ3) is 3.05. The summed E-state index contributed by atoms with van der Waals surface area (Å²) >= 11 is 3.46. The molecule has 1 aliphatic carbocycles. The van der Waals surface area contributed by atoms with Crippen molar-refractivity contribution < 1.29 is 0 Å². The van der Waals surface area contributed by atoms with Gasteiger partial charge in [-0.05, 0) is 31.6 Å². The first-order chi connectivity index (χ1) is 4.93. The van der Waals surface area contributed by atoms with Crippen LogP contribution >= 0.6 is 15.9 Å². The van der Waals surface area contributed by atoms with Crippen LogP contribution < -0.4 is 0 Å². The monoisotopic (exact) mass is 203 g/mol. The zero-order valence-electron chi connectivity index (χ0n) is 6.53. The lowest BCUT2D eigenvalue weighted by Gasteiger charge is -2.20. The van der Waals surface area contributed by atoms with Crippen molar-refractivity contribution in [2.75, 3.05) is 5.33 Å². The Labute approximate surface area is 72.5 Å². The maximum absolute atomic E-state index is 3.46. The average molecular weight is 204 g/mol. The zero-order valence-corrected chi connectivity index (χ0v) is 8.12. The van der Waals surface area contributed by atoms with Gasteiger partial charge in [-0.15, -0.1) is 0 Å². The van der Waals surface area contributed by atoms with Gasteiger partial charge in [-0.1, -0.05) is 35.2 Å². The molecule has 0 amide bonds. The molecule has 0 unspecified atom stereocenters. The number of alkyl halides is 1. The van der Waals surface area contributed by atoms with E-state index in [0.717, 1.165) is 0 Å². The van der Waals surface area contributed by atoms with Crippen LogP contribution in [0.3, 0.4) is 0 Å². The second-order valence-electron chi connectivity index (χ2n) is 3.10. The van der Waals surface area contributed by atoms with E-state index in [-0.39, 0.29) is 0 Å². The predicted octanol–water partition coefficient (Wildman–Crippen LogP) is 3.70. The van der Waals surface area contributed by atoms with Crippen LogP contribution in [-0.4, -0.2) is 5.33 Å². The van der Waals surface area contributed by atoms with E-state index in [0.29, 0.717) is 0 Å². The molecule has 0 spiro atoms. The normalized spacial score (nSPS) is 21.3. The minimum atomic E-state index is 1.18. The van der Waals surface area contributed by atoms with Gasteiger partial charge < -0.3 is 0 Å². The minimum Gasteiger partial charge on any atom is -0.0928 e. The van der Waals surface area contributed by atoms with Gasteiger partial charge in [0.2, 0.25) is 0 Å². The Morgan fingerprint density at radius 3 is 2.40 bits per heavy atom. The first kappa shape index (κ1) is 8.58. The Morgan fingerprint density at radius 2 is 1.80 bits per heavy atom. The number of rotatable bonds is 3. The number of halogens is 1. The van der Waals surface area contributed by atoms with Crippen LogP contribution in [0.5, 0.6) is 0 Å². The summed E-state index contributed by atoms with van der Waals surface area (Å²) in [6.07, 6.45) is 9.95. The minimum absolute atomic E-state index is 1.18. The molecule has 0 bridgehead atoms. The zero-order chi connectivity index (χ0) is 7.23. The highest BCUT2D eigenvalue weighted by Crippen LogP contribution is 2.29. The molecule has 0 nitrogen and oxygen atoms in total. The Morgan fingerprint density at radius 1 is 1.10 bits per heavy atom. The fourth-order valence-electron chi connectivity index (χ4n) is 1.62. The van der Waals surface area contributed by atoms with E-state index in [2.05, 4.69) is 15.9 Å².